The first kappa shape index (κ1) is 11.5. The van der Waals surface area contributed by atoms with Gasteiger partial charge in [0.1, 0.15) is 0 Å². The molecular formula is C16H20N2O. The molecule has 1 aromatic rings. The van der Waals surface area contributed by atoms with E-state index in [2.05, 4.69) is 22.8 Å². The minimum absolute atomic E-state index is 0.124. The van der Waals surface area contributed by atoms with Crippen molar-refractivity contribution in [1.82, 2.24) is 10.6 Å². The van der Waals surface area contributed by atoms with Gasteiger partial charge < -0.3 is 10.6 Å². The maximum Gasteiger partial charge on any atom is 0.251 e. The number of fused-ring (bicyclic) bond motifs is 1. The van der Waals surface area contributed by atoms with Crippen LogP contribution in [-0.2, 0) is 13.1 Å². The van der Waals surface area contributed by atoms with E-state index in [1.54, 1.807) is 0 Å². The van der Waals surface area contributed by atoms with Crippen molar-refractivity contribution in [3.63, 3.8) is 0 Å². The SMILES string of the molecule is O=C(NC(C1CC1)C1CC1)c1ccc2c(c1)CNC2. The normalized spacial score (nSPS) is 21.5. The lowest BCUT2D eigenvalue weighted by atomic mass is 10.0. The zero-order valence-electron chi connectivity index (χ0n) is 11.1. The molecule has 0 unspecified atom stereocenters. The summed E-state index contributed by atoms with van der Waals surface area (Å²) in [7, 11) is 0. The second kappa shape index (κ2) is 4.34. The number of carbonyl (C=O) groups is 1. The van der Waals surface area contributed by atoms with Crippen LogP contribution in [0.1, 0.15) is 47.2 Å². The molecule has 2 saturated carbocycles. The summed E-state index contributed by atoms with van der Waals surface area (Å²) in [5.74, 6) is 1.64. The average molecular weight is 256 g/mol. The van der Waals surface area contributed by atoms with Gasteiger partial charge in [0.2, 0.25) is 0 Å². The third-order valence-corrected chi connectivity index (χ3v) is 4.66. The highest BCUT2D eigenvalue weighted by Gasteiger charge is 2.42. The van der Waals surface area contributed by atoms with Gasteiger partial charge >= 0.3 is 0 Å². The molecular weight excluding hydrogens is 236 g/mol. The van der Waals surface area contributed by atoms with Crippen molar-refractivity contribution in [2.24, 2.45) is 11.8 Å². The Labute approximate surface area is 113 Å². The van der Waals surface area contributed by atoms with Crippen molar-refractivity contribution in [3.05, 3.63) is 34.9 Å². The van der Waals surface area contributed by atoms with Gasteiger partial charge in [0.05, 0.1) is 0 Å². The second-order valence-corrected chi connectivity index (χ2v) is 6.26. The van der Waals surface area contributed by atoms with Crippen LogP contribution in [0.4, 0.5) is 0 Å². The fourth-order valence-corrected chi connectivity index (χ4v) is 3.20. The summed E-state index contributed by atoms with van der Waals surface area (Å²) >= 11 is 0. The number of carbonyl (C=O) groups excluding carboxylic acids is 1. The van der Waals surface area contributed by atoms with Gasteiger partial charge in [-0.15, -0.1) is 0 Å². The Kier molecular flexibility index (Phi) is 2.62. The summed E-state index contributed by atoms with van der Waals surface area (Å²) in [4.78, 5) is 12.4. The second-order valence-electron chi connectivity index (χ2n) is 6.26. The molecule has 19 heavy (non-hydrogen) atoms. The first-order valence-electron chi connectivity index (χ1n) is 7.44. The topological polar surface area (TPSA) is 41.1 Å². The van der Waals surface area contributed by atoms with Gasteiger partial charge in [0.15, 0.2) is 0 Å². The molecule has 1 amide bonds. The molecule has 0 radical (unpaired) electrons. The van der Waals surface area contributed by atoms with Crippen molar-refractivity contribution in [3.8, 4) is 0 Å². The molecule has 1 heterocycles. The van der Waals surface area contributed by atoms with E-state index in [0.29, 0.717) is 6.04 Å². The zero-order chi connectivity index (χ0) is 12.8. The lowest BCUT2D eigenvalue weighted by Crippen LogP contribution is -2.38. The van der Waals surface area contributed by atoms with Gasteiger partial charge in [0, 0.05) is 24.7 Å². The van der Waals surface area contributed by atoms with Gasteiger partial charge in [0.25, 0.3) is 5.91 Å². The predicted octanol–water partition coefficient (Wildman–Crippen LogP) is 2.21. The maximum absolute atomic E-state index is 12.4. The number of nitrogens with one attached hydrogen (secondary N) is 2. The van der Waals surface area contributed by atoms with E-state index in [-0.39, 0.29) is 5.91 Å². The minimum Gasteiger partial charge on any atom is -0.349 e. The molecule has 2 N–H and O–H groups in total. The highest BCUT2D eigenvalue weighted by atomic mass is 16.1. The molecule has 100 valence electrons. The summed E-state index contributed by atoms with van der Waals surface area (Å²) in [5, 5.41) is 6.61. The first-order valence-corrected chi connectivity index (χ1v) is 7.44. The maximum atomic E-state index is 12.4. The van der Waals surface area contributed by atoms with Crippen molar-refractivity contribution in [1.29, 1.82) is 0 Å². The van der Waals surface area contributed by atoms with Crippen molar-refractivity contribution < 1.29 is 4.79 Å². The standard InChI is InChI=1S/C16H20N2O/c19-16(18-15(10-1-2-10)11-3-4-11)12-5-6-13-8-17-9-14(13)7-12/h5-7,10-11,15,17H,1-4,8-9H2,(H,18,19). The van der Waals surface area contributed by atoms with E-state index in [0.717, 1.165) is 30.5 Å². The summed E-state index contributed by atoms with van der Waals surface area (Å²) in [6.45, 7) is 1.83. The molecule has 0 saturated heterocycles. The molecule has 2 aliphatic carbocycles. The number of amides is 1. The van der Waals surface area contributed by atoms with Crippen molar-refractivity contribution >= 4 is 5.91 Å². The zero-order valence-corrected chi connectivity index (χ0v) is 11.1. The van der Waals surface area contributed by atoms with Gasteiger partial charge in [-0.05, 0) is 60.8 Å². The van der Waals surface area contributed by atoms with Crippen LogP contribution in [0.15, 0.2) is 18.2 Å². The third-order valence-electron chi connectivity index (χ3n) is 4.66. The third kappa shape index (κ3) is 2.27. The summed E-state index contributed by atoms with van der Waals surface area (Å²) < 4.78 is 0. The fourth-order valence-electron chi connectivity index (χ4n) is 3.20. The highest BCUT2D eigenvalue weighted by Crippen LogP contribution is 2.44. The van der Waals surface area contributed by atoms with Crippen LogP contribution < -0.4 is 10.6 Å². The van der Waals surface area contributed by atoms with Crippen LogP contribution in [0.3, 0.4) is 0 Å². The molecule has 1 aromatic carbocycles. The van der Waals surface area contributed by atoms with Crippen molar-refractivity contribution in [2.75, 3.05) is 0 Å². The highest BCUT2D eigenvalue weighted by molar-refractivity contribution is 5.94. The lowest BCUT2D eigenvalue weighted by Gasteiger charge is -2.17. The molecule has 3 nitrogen and oxygen atoms in total. The Bertz CT molecular complexity index is 505. The van der Waals surface area contributed by atoms with Gasteiger partial charge in [-0.25, -0.2) is 0 Å². The van der Waals surface area contributed by atoms with Crippen molar-refractivity contribution in [2.45, 2.75) is 44.8 Å². The summed E-state index contributed by atoms with van der Waals surface area (Å²) in [6, 6.07) is 6.56. The Morgan fingerprint density at radius 1 is 1.11 bits per heavy atom. The monoisotopic (exact) mass is 256 g/mol. The van der Waals surface area contributed by atoms with E-state index in [1.807, 2.05) is 6.07 Å². The van der Waals surface area contributed by atoms with Crippen LogP contribution >= 0.6 is 0 Å². The smallest absolute Gasteiger partial charge is 0.251 e. The molecule has 2 fully saturated rings. The Hall–Kier alpha value is -1.35. The Morgan fingerprint density at radius 2 is 1.79 bits per heavy atom. The number of hydrogen-bond acceptors (Lipinski definition) is 2. The van der Waals surface area contributed by atoms with Gasteiger partial charge in [-0.2, -0.15) is 0 Å². The van der Waals surface area contributed by atoms with E-state index in [1.165, 1.54) is 36.8 Å². The minimum atomic E-state index is 0.124. The molecule has 1 aliphatic heterocycles. The van der Waals surface area contributed by atoms with E-state index in [9.17, 15) is 4.79 Å². The van der Waals surface area contributed by atoms with Crippen LogP contribution in [0.2, 0.25) is 0 Å². The largest absolute Gasteiger partial charge is 0.349 e. The van der Waals surface area contributed by atoms with E-state index >= 15 is 0 Å². The molecule has 0 spiro atoms. The summed E-state index contributed by atoms with van der Waals surface area (Å²) in [5.41, 5.74) is 3.44. The number of hydrogen-bond donors (Lipinski definition) is 2. The van der Waals surface area contributed by atoms with Crippen LogP contribution in [0.5, 0.6) is 0 Å². The Morgan fingerprint density at radius 3 is 2.47 bits per heavy atom. The average Bonchev–Trinajstić information content (AvgIpc) is 3.33. The Balaban J connectivity index is 1.50. The van der Waals surface area contributed by atoms with E-state index in [4.69, 9.17) is 0 Å². The lowest BCUT2D eigenvalue weighted by molar-refractivity contribution is 0.0926. The van der Waals surface area contributed by atoms with Gasteiger partial charge in [-0.1, -0.05) is 6.07 Å². The van der Waals surface area contributed by atoms with Crippen LogP contribution in [0, 0.1) is 11.8 Å². The predicted molar refractivity (Wildman–Crippen MR) is 73.7 cm³/mol. The summed E-state index contributed by atoms with van der Waals surface area (Å²) in [6.07, 6.45) is 5.20. The fraction of sp³-hybridized carbons (Fsp3) is 0.562. The number of benzene rings is 1. The van der Waals surface area contributed by atoms with Gasteiger partial charge in [-0.3, -0.25) is 4.79 Å². The van der Waals surface area contributed by atoms with Crippen LogP contribution in [-0.4, -0.2) is 11.9 Å². The van der Waals surface area contributed by atoms with Crippen LogP contribution in [0.25, 0.3) is 0 Å². The quantitative estimate of drug-likeness (QED) is 0.867. The molecule has 3 heteroatoms. The molecule has 4 rings (SSSR count). The first-order chi connectivity index (χ1) is 9.31. The number of rotatable bonds is 4. The molecule has 0 atom stereocenters. The molecule has 0 aromatic heterocycles. The molecule has 0 bridgehead atoms. The molecule has 3 aliphatic rings. The van der Waals surface area contributed by atoms with E-state index < -0.39 is 0 Å².